The van der Waals surface area contributed by atoms with Crippen LogP contribution in [0.3, 0.4) is 0 Å². The fourth-order valence-corrected chi connectivity index (χ4v) is 4.07. The number of benzene rings is 3. The molecule has 1 aliphatic carbocycles. The molecule has 0 radical (unpaired) electrons. The Morgan fingerprint density at radius 1 is 1.14 bits per heavy atom. The maximum absolute atomic E-state index is 15.1. The minimum atomic E-state index is -0.770. The molecule has 0 heterocycles. The number of nitriles is 1. The van der Waals surface area contributed by atoms with Gasteiger partial charge in [-0.15, -0.1) is 0 Å². The van der Waals surface area contributed by atoms with Crippen LogP contribution in [0, 0.1) is 17.1 Å². The Morgan fingerprint density at radius 2 is 1.89 bits per heavy atom. The standard InChI is InChI=1S/C28H25FN4O4/c1-2-4-24(34)20-11-12-22(29)25(26(20)37-27(35)17-5-3-6-18(31)13-17)21-14-23(21)33-28(36)32-19-9-7-16(15-30)8-10-19/h3,5-13,21,23H,2,4,14,31H2,1H3,(H2,32,33,36). The Balaban J connectivity index is 1.57. The van der Waals surface area contributed by atoms with Gasteiger partial charge in [-0.05, 0) is 67.4 Å². The Morgan fingerprint density at radius 3 is 2.57 bits per heavy atom. The zero-order valence-corrected chi connectivity index (χ0v) is 20.1. The summed E-state index contributed by atoms with van der Waals surface area (Å²) in [6.07, 6.45) is 1.16. The number of nitrogens with one attached hydrogen (secondary N) is 2. The van der Waals surface area contributed by atoms with Gasteiger partial charge in [0.1, 0.15) is 11.6 Å². The molecule has 37 heavy (non-hydrogen) atoms. The molecule has 188 valence electrons. The summed E-state index contributed by atoms with van der Waals surface area (Å²) < 4.78 is 20.8. The number of halogens is 1. The first-order valence-corrected chi connectivity index (χ1v) is 11.8. The van der Waals surface area contributed by atoms with Gasteiger partial charge < -0.3 is 21.1 Å². The van der Waals surface area contributed by atoms with Crippen LogP contribution in [0.5, 0.6) is 5.75 Å². The van der Waals surface area contributed by atoms with Crippen molar-refractivity contribution < 1.29 is 23.5 Å². The molecule has 0 aromatic heterocycles. The molecule has 1 fully saturated rings. The third-order valence-corrected chi connectivity index (χ3v) is 5.99. The van der Waals surface area contributed by atoms with E-state index < -0.39 is 29.8 Å². The zero-order chi connectivity index (χ0) is 26.5. The van der Waals surface area contributed by atoms with Gasteiger partial charge in [-0.1, -0.05) is 13.0 Å². The van der Waals surface area contributed by atoms with Crippen LogP contribution >= 0.6 is 0 Å². The first-order chi connectivity index (χ1) is 17.8. The summed E-state index contributed by atoms with van der Waals surface area (Å²) in [5, 5.41) is 14.3. The minimum Gasteiger partial charge on any atom is -0.422 e. The highest BCUT2D eigenvalue weighted by Crippen LogP contribution is 2.47. The first-order valence-electron chi connectivity index (χ1n) is 11.8. The van der Waals surface area contributed by atoms with Gasteiger partial charge in [0.2, 0.25) is 0 Å². The number of amides is 2. The molecule has 0 aliphatic heterocycles. The van der Waals surface area contributed by atoms with Gasteiger partial charge in [0.05, 0.1) is 22.8 Å². The van der Waals surface area contributed by atoms with Gasteiger partial charge in [0.15, 0.2) is 5.78 Å². The van der Waals surface area contributed by atoms with Crippen molar-refractivity contribution in [1.82, 2.24) is 5.32 Å². The molecule has 9 heteroatoms. The number of carbonyl (C=O) groups is 3. The SMILES string of the molecule is CCCC(=O)c1ccc(F)c(C2CC2NC(=O)Nc2ccc(C#N)cc2)c1OC(=O)c1cccc(N)c1. The number of anilines is 2. The lowest BCUT2D eigenvalue weighted by Gasteiger charge is -2.16. The summed E-state index contributed by atoms with van der Waals surface area (Å²) in [6, 6.07) is 16.1. The van der Waals surface area contributed by atoms with E-state index in [-0.39, 0.29) is 34.6 Å². The van der Waals surface area contributed by atoms with E-state index in [1.807, 2.05) is 13.0 Å². The van der Waals surface area contributed by atoms with Gasteiger partial charge >= 0.3 is 12.0 Å². The maximum atomic E-state index is 15.1. The lowest BCUT2D eigenvalue weighted by atomic mass is 9.99. The normalized spacial score (nSPS) is 15.8. The van der Waals surface area contributed by atoms with E-state index in [1.165, 1.54) is 24.3 Å². The van der Waals surface area contributed by atoms with Crippen LogP contribution in [0.4, 0.5) is 20.6 Å². The molecule has 8 nitrogen and oxygen atoms in total. The van der Waals surface area contributed by atoms with Crippen molar-refractivity contribution in [1.29, 1.82) is 5.26 Å². The number of hydrogen-bond acceptors (Lipinski definition) is 6. The highest BCUT2D eigenvalue weighted by atomic mass is 19.1. The third kappa shape index (κ3) is 5.93. The summed E-state index contributed by atoms with van der Waals surface area (Å²) >= 11 is 0. The van der Waals surface area contributed by atoms with Crippen molar-refractivity contribution in [2.75, 3.05) is 11.1 Å². The second-order valence-corrected chi connectivity index (χ2v) is 8.76. The number of hydrogen-bond donors (Lipinski definition) is 3. The summed E-state index contributed by atoms with van der Waals surface area (Å²) in [5.74, 6) is -2.31. The quantitative estimate of drug-likeness (QED) is 0.169. The minimum absolute atomic E-state index is 0.0721. The van der Waals surface area contributed by atoms with Crippen molar-refractivity contribution in [2.24, 2.45) is 0 Å². The van der Waals surface area contributed by atoms with E-state index in [9.17, 15) is 14.4 Å². The van der Waals surface area contributed by atoms with Crippen molar-refractivity contribution in [3.63, 3.8) is 0 Å². The Bertz CT molecular complexity index is 1400. The molecule has 1 saturated carbocycles. The Kier molecular flexibility index (Phi) is 7.49. The molecule has 0 bridgehead atoms. The molecule has 3 aromatic carbocycles. The number of ketones is 1. The van der Waals surface area contributed by atoms with Gasteiger partial charge in [0, 0.05) is 35.3 Å². The molecule has 2 atom stereocenters. The predicted octanol–water partition coefficient (Wildman–Crippen LogP) is 5.16. The summed E-state index contributed by atoms with van der Waals surface area (Å²) in [6.45, 7) is 1.84. The van der Waals surface area contributed by atoms with E-state index in [2.05, 4.69) is 10.6 Å². The summed E-state index contributed by atoms with van der Waals surface area (Å²) in [7, 11) is 0. The molecular formula is C28H25FN4O4. The molecule has 0 spiro atoms. The number of esters is 1. The predicted molar refractivity (Wildman–Crippen MR) is 136 cm³/mol. The van der Waals surface area contributed by atoms with Crippen molar-refractivity contribution in [2.45, 2.75) is 38.1 Å². The summed E-state index contributed by atoms with van der Waals surface area (Å²) in [4.78, 5) is 38.2. The third-order valence-electron chi connectivity index (χ3n) is 5.99. The highest BCUT2D eigenvalue weighted by molar-refractivity contribution is 6.01. The summed E-state index contributed by atoms with van der Waals surface area (Å²) in [5.41, 5.74) is 7.43. The lowest BCUT2D eigenvalue weighted by Crippen LogP contribution is -2.31. The number of rotatable bonds is 8. The topological polar surface area (TPSA) is 134 Å². The second-order valence-electron chi connectivity index (χ2n) is 8.76. The monoisotopic (exact) mass is 500 g/mol. The highest BCUT2D eigenvalue weighted by Gasteiger charge is 2.44. The number of Topliss-reactive ketones (excluding diaryl/α,β-unsaturated/α-hetero) is 1. The van der Waals surface area contributed by atoms with Gasteiger partial charge in [0.25, 0.3) is 0 Å². The number of urea groups is 1. The van der Waals surface area contributed by atoms with E-state index in [4.69, 9.17) is 15.7 Å². The zero-order valence-electron chi connectivity index (χ0n) is 20.1. The largest absolute Gasteiger partial charge is 0.422 e. The number of carbonyl (C=O) groups excluding carboxylic acids is 3. The van der Waals surface area contributed by atoms with Crippen LogP contribution in [0.1, 0.15) is 63.9 Å². The van der Waals surface area contributed by atoms with Crippen LogP contribution in [-0.2, 0) is 0 Å². The fraction of sp³-hybridized carbons (Fsp3) is 0.214. The first kappa shape index (κ1) is 25.4. The van der Waals surface area contributed by atoms with Crippen LogP contribution in [0.15, 0.2) is 60.7 Å². The van der Waals surface area contributed by atoms with Crippen LogP contribution < -0.4 is 21.1 Å². The van der Waals surface area contributed by atoms with Gasteiger partial charge in [-0.25, -0.2) is 14.0 Å². The lowest BCUT2D eigenvalue weighted by molar-refractivity contribution is 0.0730. The molecular weight excluding hydrogens is 475 g/mol. The van der Waals surface area contributed by atoms with E-state index in [1.54, 1.807) is 36.4 Å². The molecule has 1 aliphatic rings. The molecule has 3 aromatic rings. The van der Waals surface area contributed by atoms with Crippen molar-refractivity contribution >= 4 is 29.2 Å². The van der Waals surface area contributed by atoms with E-state index >= 15 is 4.39 Å². The molecule has 0 saturated heterocycles. The number of ether oxygens (including phenoxy) is 1. The van der Waals surface area contributed by atoms with Crippen molar-refractivity contribution in [3.8, 4) is 11.8 Å². The average Bonchev–Trinajstić information content (AvgIpc) is 3.62. The van der Waals surface area contributed by atoms with Crippen LogP contribution in [0.2, 0.25) is 0 Å². The molecule has 4 rings (SSSR count). The molecule has 4 N–H and O–H groups in total. The van der Waals surface area contributed by atoms with Crippen LogP contribution in [0.25, 0.3) is 0 Å². The molecule has 2 unspecified atom stereocenters. The van der Waals surface area contributed by atoms with Gasteiger partial charge in [-0.3, -0.25) is 4.79 Å². The second kappa shape index (κ2) is 10.9. The fourth-order valence-electron chi connectivity index (χ4n) is 4.07. The number of nitrogens with zero attached hydrogens (tertiary/aromatic N) is 1. The van der Waals surface area contributed by atoms with Crippen LogP contribution in [-0.4, -0.2) is 23.8 Å². The van der Waals surface area contributed by atoms with Gasteiger partial charge in [-0.2, -0.15) is 5.26 Å². The van der Waals surface area contributed by atoms with E-state index in [0.717, 1.165) is 0 Å². The Labute approximate surface area is 213 Å². The number of nitrogens with two attached hydrogens (primary N) is 1. The smallest absolute Gasteiger partial charge is 0.343 e. The van der Waals surface area contributed by atoms with E-state index in [0.29, 0.717) is 29.8 Å². The average molecular weight is 501 g/mol. The molecule has 2 amide bonds. The number of nitrogen functional groups attached to an aromatic ring is 1. The van der Waals surface area contributed by atoms with Crippen molar-refractivity contribution in [3.05, 3.63) is 88.7 Å². The Hall–Kier alpha value is -4.71. The maximum Gasteiger partial charge on any atom is 0.343 e.